The van der Waals surface area contributed by atoms with Gasteiger partial charge in [0.15, 0.2) is 18.3 Å². The molecular weight excluding hydrogens is 364 g/mol. The first-order chi connectivity index (χ1) is 13.6. The first-order valence-electron chi connectivity index (χ1n) is 8.66. The Morgan fingerprint density at radius 3 is 2.21 bits per heavy atom. The maximum absolute atomic E-state index is 12.5. The molecule has 0 aliphatic rings. The van der Waals surface area contributed by atoms with Crippen molar-refractivity contribution in [3.05, 3.63) is 47.5 Å². The molecule has 152 valence electrons. The third-order valence-corrected chi connectivity index (χ3v) is 4.33. The SMILES string of the molecule is COCOc1cc(OC)ccc1CC(C(=O)OC)c1ccc(OC)c(OC)c1. The summed E-state index contributed by atoms with van der Waals surface area (Å²) < 4.78 is 31.6. The summed E-state index contributed by atoms with van der Waals surface area (Å²) in [6.45, 7) is 0.0828. The molecule has 0 bridgehead atoms. The molecule has 28 heavy (non-hydrogen) atoms. The van der Waals surface area contributed by atoms with Gasteiger partial charge in [0.1, 0.15) is 11.5 Å². The van der Waals surface area contributed by atoms with E-state index in [1.165, 1.54) is 7.11 Å². The van der Waals surface area contributed by atoms with E-state index in [9.17, 15) is 4.79 Å². The number of carbonyl (C=O) groups is 1. The Labute approximate surface area is 165 Å². The average Bonchev–Trinajstić information content (AvgIpc) is 2.75. The zero-order valence-electron chi connectivity index (χ0n) is 16.8. The van der Waals surface area contributed by atoms with Crippen LogP contribution in [0.2, 0.25) is 0 Å². The summed E-state index contributed by atoms with van der Waals surface area (Å²) in [6.07, 6.45) is 0.366. The molecule has 0 fully saturated rings. The second-order valence-corrected chi connectivity index (χ2v) is 5.92. The van der Waals surface area contributed by atoms with Gasteiger partial charge in [-0.25, -0.2) is 0 Å². The number of hydrogen-bond acceptors (Lipinski definition) is 7. The smallest absolute Gasteiger partial charge is 0.313 e. The van der Waals surface area contributed by atoms with E-state index in [-0.39, 0.29) is 12.8 Å². The van der Waals surface area contributed by atoms with Gasteiger partial charge in [0, 0.05) is 13.2 Å². The van der Waals surface area contributed by atoms with Crippen molar-refractivity contribution in [2.24, 2.45) is 0 Å². The molecule has 0 aliphatic heterocycles. The second-order valence-electron chi connectivity index (χ2n) is 5.92. The molecule has 0 radical (unpaired) electrons. The third-order valence-electron chi connectivity index (χ3n) is 4.33. The minimum absolute atomic E-state index is 0.0828. The van der Waals surface area contributed by atoms with Gasteiger partial charge in [-0.05, 0) is 35.7 Å². The Hall–Kier alpha value is -2.93. The maximum Gasteiger partial charge on any atom is 0.313 e. The van der Waals surface area contributed by atoms with Crippen LogP contribution in [0.1, 0.15) is 17.0 Å². The lowest BCUT2D eigenvalue weighted by molar-refractivity contribution is -0.142. The van der Waals surface area contributed by atoms with Crippen LogP contribution >= 0.6 is 0 Å². The van der Waals surface area contributed by atoms with Crippen molar-refractivity contribution in [3.8, 4) is 23.0 Å². The Bertz CT molecular complexity index is 788. The number of esters is 1. The quantitative estimate of drug-likeness (QED) is 0.456. The minimum Gasteiger partial charge on any atom is -0.497 e. The Morgan fingerprint density at radius 2 is 1.61 bits per heavy atom. The van der Waals surface area contributed by atoms with E-state index in [1.54, 1.807) is 46.6 Å². The van der Waals surface area contributed by atoms with Crippen molar-refractivity contribution in [3.63, 3.8) is 0 Å². The third kappa shape index (κ3) is 5.07. The van der Waals surface area contributed by atoms with E-state index in [1.807, 2.05) is 18.2 Å². The topological polar surface area (TPSA) is 72.5 Å². The normalized spacial score (nSPS) is 11.5. The zero-order valence-corrected chi connectivity index (χ0v) is 16.8. The second kappa shape index (κ2) is 10.4. The van der Waals surface area contributed by atoms with Crippen molar-refractivity contribution in [2.45, 2.75) is 12.3 Å². The number of ether oxygens (including phenoxy) is 6. The predicted octanol–water partition coefficient (Wildman–Crippen LogP) is 3.19. The van der Waals surface area contributed by atoms with E-state index < -0.39 is 5.92 Å². The van der Waals surface area contributed by atoms with Crippen LogP contribution in [0.15, 0.2) is 36.4 Å². The van der Waals surface area contributed by atoms with Crippen molar-refractivity contribution in [1.82, 2.24) is 0 Å². The van der Waals surface area contributed by atoms with Crippen LogP contribution in [-0.4, -0.2) is 48.3 Å². The van der Waals surface area contributed by atoms with Gasteiger partial charge in [-0.1, -0.05) is 12.1 Å². The summed E-state index contributed by atoms with van der Waals surface area (Å²) in [5.74, 6) is 1.44. The van der Waals surface area contributed by atoms with Gasteiger partial charge in [-0.3, -0.25) is 4.79 Å². The molecule has 2 rings (SSSR count). The molecule has 0 N–H and O–H groups in total. The van der Waals surface area contributed by atoms with Gasteiger partial charge in [0.2, 0.25) is 0 Å². The molecule has 0 aromatic heterocycles. The highest BCUT2D eigenvalue weighted by Crippen LogP contribution is 2.35. The van der Waals surface area contributed by atoms with E-state index >= 15 is 0 Å². The molecule has 2 aromatic rings. The lowest BCUT2D eigenvalue weighted by Gasteiger charge is -2.19. The molecule has 1 atom stereocenters. The van der Waals surface area contributed by atoms with Gasteiger partial charge < -0.3 is 28.4 Å². The summed E-state index contributed by atoms with van der Waals surface area (Å²) in [6, 6.07) is 10.8. The Morgan fingerprint density at radius 1 is 0.857 bits per heavy atom. The van der Waals surface area contributed by atoms with Gasteiger partial charge in [-0.15, -0.1) is 0 Å². The lowest BCUT2D eigenvalue weighted by atomic mass is 9.91. The van der Waals surface area contributed by atoms with Crippen LogP contribution in [0.4, 0.5) is 0 Å². The number of rotatable bonds is 10. The van der Waals surface area contributed by atoms with Gasteiger partial charge in [-0.2, -0.15) is 0 Å². The van der Waals surface area contributed by atoms with Crippen LogP contribution in [0.25, 0.3) is 0 Å². The Kier molecular flexibility index (Phi) is 7.95. The molecular formula is C21H26O7. The van der Waals surface area contributed by atoms with Crippen molar-refractivity contribution in [1.29, 1.82) is 0 Å². The zero-order chi connectivity index (χ0) is 20.5. The monoisotopic (exact) mass is 390 g/mol. The fourth-order valence-corrected chi connectivity index (χ4v) is 2.86. The molecule has 7 heteroatoms. The van der Waals surface area contributed by atoms with Crippen LogP contribution in [0, 0.1) is 0 Å². The predicted molar refractivity (Wildman–Crippen MR) is 104 cm³/mol. The molecule has 1 unspecified atom stereocenters. The number of methoxy groups -OCH3 is 5. The van der Waals surface area contributed by atoms with E-state index in [0.717, 1.165) is 11.1 Å². The number of benzene rings is 2. The average molecular weight is 390 g/mol. The van der Waals surface area contributed by atoms with Crippen molar-refractivity contribution >= 4 is 5.97 Å². The molecule has 0 saturated carbocycles. The van der Waals surface area contributed by atoms with Crippen LogP contribution in [-0.2, 0) is 20.7 Å². The molecule has 2 aromatic carbocycles. The van der Waals surface area contributed by atoms with Crippen LogP contribution in [0.5, 0.6) is 23.0 Å². The molecule has 0 spiro atoms. The molecule has 0 amide bonds. The minimum atomic E-state index is -0.553. The molecule has 0 saturated heterocycles. The standard InChI is InChI=1S/C21H26O7/c1-23-13-28-19-12-16(24-2)8-6-15(19)10-17(21(22)27-5)14-7-9-18(25-3)20(11-14)26-4/h6-9,11-12,17H,10,13H2,1-5H3. The maximum atomic E-state index is 12.5. The van der Waals surface area contributed by atoms with Gasteiger partial charge >= 0.3 is 5.97 Å². The fraction of sp³-hybridized carbons (Fsp3) is 0.381. The summed E-state index contributed by atoms with van der Waals surface area (Å²) >= 11 is 0. The van der Waals surface area contributed by atoms with Crippen molar-refractivity contribution in [2.75, 3.05) is 42.3 Å². The number of hydrogen-bond donors (Lipinski definition) is 0. The molecule has 0 heterocycles. The highest BCUT2D eigenvalue weighted by atomic mass is 16.7. The first kappa shape index (κ1) is 21.4. The van der Waals surface area contributed by atoms with E-state index in [0.29, 0.717) is 29.4 Å². The van der Waals surface area contributed by atoms with Crippen LogP contribution in [0.3, 0.4) is 0 Å². The highest BCUT2D eigenvalue weighted by Gasteiger charge is 2.25. The highest BCUT2D eigenvalue weighted by molar-refractivity contribution is 5.79. The van der Waals surface area contributed by atoms with Crippen LogP contribution < -0.4 is 18.9 Å². The summed E-state index contributed by atoms with van der Waals surface area (Å²) in [7, 11) is 7.60. The van der Waals surface area contributed by atoms with Gasteiger partial charge in [0.25, 0.3) is 0 Å². The molecule has 0 aliphatic carbocycles. The van der Waals surface area contributed by atoms with E-state index in [4.69, 9.17) is 28.4 Å². The summed E-state index contributed by atoms with van der Waals surface area (Å²) in [5.41, 5.74) is 1.57. The summed E-state index contributed by atoms with van der Waals surface area (Å²) in [5, 5.41) is 0. The molecule has 7 nitrogen and oxygen atoms in total. The van der Waals surface area contributed by atoms with Gasteiger partial charge in [0.05, 0.1) is 34.4 Å². The Balaban J connectivity index is 2.41. The first-order valence-corrected chi connectivity index (χ1v) is 8.66. The lowest BCUT2D eigenvalue weighted by Crippen LogP contribution is -2.17. The largest absolute Gasteiger partial charge is 0.497 e. The fourth-order valence-electron chi connectivity index (χ4n) is 2.86. The number of carbonyl (C=O) groups excluding carboxylic acids is 1. The van der Waals surface area contributed by atoms with E-state index in [2.05, 4.69) is 0 Å². The van der Waals surface area contributed by atoms with Crippen molar-refractivity contribution < 1.29 is 33.2 Å². The summed E-state index contributed by atoms with van der Waals surface area (Å²) in [4.78, 5) is 12.5.